The van der Waals surface area contributed by atoms with Crippen LogP contribution in [0, 0.1) is 0 Å². The first-order chi connectivity index (χ1) is 13.9. The van der Waals surface area contributed by atoms with E-state index in [2.05, 4.69) is 5.32 Å². The maximum Gasteiger partial charge on any atom is 0.267 e. The molecule has 1 N–H and O–H groups in total. The lowest BCUT2D eigenvalue weighted by atomic mass is 10.1. The summed E-state index contributed by atoms with van der Waals surface area (Å²) < 4.78 is 5.63. The third kappa shape index (κ3) is 4.56. The van der Waals surface area contributed by atoms with Crippen molar-refractivity contribution < 1.29 is 19.1 Å². The van der Waals surface area contributed by atoms with E-state index in [0.29, 0.717) is 30.1 Å². The van der Waals surface area contributed by atoms with Gasteiger partial charge in [-0.3, -0.25) is 14.4 Å². The smallest absolute Gasteiger partial charge is 0.267 e. The summed E-state index contributed by atoms with van der Waals surface area (Å²) in [6, 6.07) is 14.5. The van der Waals surface area contributed by atoms with Crippen LogP contribution in [0.15, 0.2) is 48.5 Å². The van der Waals surface area contributed by atoms with E-state index in [0.717, 1.165) is 5.56 Å². The lowest BCUT2D eigenvalue weighted by molar-refractivity contribution is -0.130. The van der Waals surface area contributed by atoms with Gasteiger partial charge >= 0.3 is 0 Å². The van der Waals surface area contributed by atoms with Crippen LogP contribution in [-0.2, 0) is 16.1 Å². The summed E-state index contributed by atoms with van der Waals surface area (Å²) in [6.07, 6.45) is -0.365. The first-order valence-corrected chi connectivity index (χ1v) is 9.52. The number of anilines is 1. The summed E-state index contributed by atoms with van der Waals surface area (Å²) in [5.74, 6) is 0.288. The van der Waals surface area contributed by atoms with Crippen LogP contribution >= 0.6 is 0 Å². The average Bonchev–Trinajstić information content (AvgIpc) is 2.73. The van der Waals surface area contributed by atoms with Crippen LogP contribution in [0.25, 0.3) is 0 Å². The predicted octanol–water partition coefficient (Wildman–Crippen LogP) is 2.21. The molecule has 3 amide bonds. The van der Waals surface area contributed by atoms with E-state index in [1.165, 1.54) is 0 Å². The molecule has 0 saturated heterocycles. The highest BCUT2D eigenvalue weighted by Gasteiger charge is 2.31. The quantitative estimate of drug-likeness (QED) is 0.813. The normalized spacial score (nSPS) is 15.3. The summed E-state index contributed by atoms with van der Waals surface area (Å²) in [7, 11) is 3.31. The minimum atomic E-state index is -0.573. The number of carbonyl (C=O) groups excluding carboxylic acids is 3. The Morgan fingerprint density at radius 2 is 1.83 bits per heavy atom. The standard InChI is InChI=1S/C22H25N3O4/c1-15-22(28)25(18-6-4-5-7-19(18)29-15)13-12-20(26)24(3)14-16-8-10-17(11-9-16)21(27)23-2/h4-11,15H,12-14H2,1-3H3,(H,23,27)/t15-/m1/s1. The summed E-state index contributed by atoms with van der Waals surface area (Å²) in [6.45, 7) is 2.43. The van der Waals surface area contributed by atoms with E-state index in [1.54, 1.807) is 43.0 Å². The topological polar surface area (TPSA) is 79.0 Å². The molecule has 1 heterocycles. The Bertz CT molecular complexity index is 911. The van der Waals surface area contributed by atoms with Crippen LogP contribution in [0.5, 0.6) is 5.75 Å². The Morgan fingerprint density at radius 3 is 2.52 bits per heavy atom. The number of nitrogens with one attached hydrogen (secondary N) is 1. The highest BCUT2D eigenvalue weighted by molar-refractivity contribution is 6.00. The molecule has 1 atom stereocenters. The molecule has 2 aromatic rings. The van der Waals surface area contributed by atoms with Crippen molar-refractivity contribution in [2.75, 3.05) is 25.5 Å². The molecule has 1 aliphatic rings. The van der Waals surface area contributed by atoms with Gasteiger partial charge in [0.25, 0.3) is 11.8 Å². The summed E-state index contributed by atoms with van der Waals surface area (Å²) >= 11 is 0. The van der Waals surface area contributed by atoms with Crippen molar-refractivity contribution in [2.24, 2.45) is 0 Å². The molecule has 0 spiro atoms. The maximum atomic E-state index is 12.6. The van der Waals surface area contributed by atoms with Crippen molar-refractivity contribution in [1.29, 1.82) is 0 Å². The minimum Gasteiger partial charge on any atom is -0.479 e. The zero-order valence-corrected chi connectivity index (χ0v) is 16.8. The van der Waals surface area contributed by atoms with Gasteiger partial charge in [0.15, 0.2) is 6.10 Å². The number of hydrogen-bond donors (Lipinski definition) is 1. The SMILES string of the molecule is CNC(=O)c1ccc(CN(C)C(=O)CCN2C(=O)[C@@H](C)Oc3ccccc32)cc1. The van der Waals surface area contributed by atoms with Crippen LogP contribution in [0.2, 0.25) is 0 Å². The first kappa shape index (κ1) is 20.4. The van der Waals surface area contributed by atoms with Gasteiger partial charge in [-0.15, -0.1) is 0 Å². The first-order valence-electron chi connectivity index (χ1n) is 9.52. The number of benzene rings is 2. The molecule has 0 radical (unpaired) electrons. The molecule has 29 heavy (non-hydrogen) atoms. The Balaban J connectivity index is 1.60. The summed E-state index contributed by atoms with van der Waals surface area (Å²) in [5.41, 5.74) is 2.19. The molecule has 0 bridgehead atoms. The molecule has 7 nitrogen and oxygen atoms in total. The van der Waals surface area contributed by atoms with Crippen molar-refractivity contribution in [3.05, 3.63) is 59.7 Å². The van der Waals surface area contributed by atoms with Crippen molar-refractivity contribution in [3.8, 4) is 5.75 Å². The Kier molecular flexibility index (Phi) is 6.16. The van der Waals surface area contributed by atoms with E-state index < -0.39 is 6.10 Å². The molecule has 0 saturated carbocycles. The number of amides is 3. The van der Waals surface area contributed by atoms with Gasteiger partial charge in [-0.1, -0.05) is 24.3 Å². The average molecular weight is 395 g/mol. The zero-order chi connectivity index (χ0) is 21.0. The van der Waals surface area contributed by atoms with Crippen LogP contribution in [0.1, 0.15) is 29.3 Å². The van der Waals surface area contributed by atoms with Gasteiger partial charge < -0.3 is 19.9 Å². The number of nitrogens with zero attached hydrogens (tertiary/aromatic N) is 2. The van der Waals surface area contributed by atoms with Crippen molar-refractivity contribution in [1.82, 2.24) is 10.2 Å². The molecule has 152 valence electrons. The number of carbonyl (C=O) groups is 3. The molecular weight excluding hydrogens is 370 g/mol. The second-order valence-corrected chi connectivity index (χ2v) is 6.99. The van der Waals surface area contributed by atoms with Gasteiger partial charge in [0, 0.05) is 39.2 Å². The number of ether oxygens (including phenoxy) is 1. The summed E-state index contributed by atoms with van der Waals surface area (Å²) in [4.78, 5) is 40.0. The molecule has 3 rings (SSSR count). The monoisotopic (exact) mass is 395 g/mol. The Morgan fingerprint density at radius 1 is 1.14 bits per heavy atom. The van der Waals surface area contributed by atoms with E-state index in [9.17, 15) is 14.4 Å². The fourth-order valence-electron chi connectivity index (χ4n) is 3.26. The maximum absolute atomic E-state index is 12.6. The van der Waals surface area contributed by atoms with Crippen LogP contribution < -0.4 is 15.0 Å². The third-order valence-corrected chi connectivity index (χ3v) is 4.91. The van der Waals surface area contributed by atoms with Gasteiger partial charge in [0.2, 0.25) is 5.91 Å². The molecule has 0 aromatic heterocycles. The van der Waals surface area contributed by atoms with E-state index in [-0.39, 0.29) is 24.1 Å². The lowest BCUT2D eigenvalue weighted by Crippen LogP contribution is -2.45. The molecule has 0 unspecified atom stereocenters. The fourth-order valence-corrected chi connectivity index (χ4v) is 3.26. The highest BCUT2D eigenvalue weighted by Crippen LogP contribution is 2.33. The van der Waals surface area contributed by atoms with Crippen LogP contribution in [-0.4, -0.2) is 49.4 Å². The summed E-state index contributed by atoms with van der Waals surface area (Å²) in [5, 5.41) is 2.58. The van der Waals surface area contributed by atoms with Crippen molar-refractivity contribution in [3.63, 3.8) is 0 Å². The second kappa shape index (κ2) is 8.77. The number of hydrogen-bond acceptors (Lipinski definition) is 4. The zero-order valence-electron chi connectivity index (χ0n) is 16.8. The van der Waals surface area contributed by atoms with Crippen LogP contribution in [0.3, 0.4) is 0 Å². The van der Waals surface area contributed by atoms with Gasteiger partial charge in [-0.2, -0.15) is 0 Å². The molecular formula is C22H25N3O4. The molecule has 2 aromatic carbocycles. The van der Waals surface area contributed by atoms with E-state index >= 15 is 0 Å². The fraction of sp³-hybridized carbons (Fsp3) is 0.318. The largest absolute Gasteiger partial charge is 0.479 e. The van der Waals surface area contributed by atoms with E-state index in [1.807, 2.05) is 36.4 Å². The number of fused-ring (bicyclic) bond motifs is 1. The Labute approximate surface area is 170 Å². The molecule has 7 heteroatoms. The number of rotatable bonds is 6. The van der Waals surface area contributed by atoms with Gasteiger partial charge in [-0.25, -0.2) is 0 Å². The molecule has 0 aliphatic carbocycles. The van der Waals surface area contributed by atoms with Crippen molar-refractivity contribution >= 4 is 23.4 Å². The van der Waals surface area contributed by atoms with Crippen LogP contribution in [0.4, 0.5) is 5.69 Å². The van der Waals surface area contributed by atoms with Crippen molar-refractivity contribution in [2.45, 2.75) is 26.0 Å². The third-order valence-electron chi connectivity index (χ3n) is 4.91. The predicted molar refractivity (Wildman–Crippen MR) is 110 cm³/mol. The molecule has 0 fully saturated rings. The van der Waals surface area contributed by atoms with Gasteiger partial charge in [-0.05, 0) is 36.8 Å². The minimum absolute atomic E-state index is 0.0650. The highest BCUT2D eigenvalue weighted by atomic mass is 16.5. The van der Waals surface area contributed by atoms with E-state index in [4.69, 9.17) is 4.74 Å². The van der Waals surface area contributed by atoms with Gasteiger partial charge in [0.1, 0.15) is 5.75 Å². The van der Waals surface area contributed by atoms with Gasteiger partial charge in [0.05, 0.1) is 5.69 Å². The number of para-hydroxylation sites is 2. The Hall–Kier alpha value is -3.35. The lowest BCUT2D eigenvalue weighted by Gasteiger charge is -2.33. The second-order valence-electron chi connectivity index (χ2n) is 6.99. The molecule has 1 aliphatic heterocycles.